The second-order valence-electron chi connectivity index (χ2n) is 4.55. The van der Waals surface area contributed by atoms with Crippen LogP contribution >= 0.6 is 11.3 Å². The highest BCUT2D eigenvalue weighted by Crippen LogP contribution is 2.36. The number of rotatable bonds is 4. The predicted molar refractivity (Wildman–Crippen MR) is 76.8 cm³/mol. The van der Waals surface area contributed by atoms with Crippen LogP contribution in [-0.2, 0) is 6.42 Å². The summed E-state index contributed by atoms with van der Waals surface area (Å²) in [5.74, 6) is 2.41. The van der Waals surface area contributed by atoms with Crippen molar-refractivity contribution < 1.29 is 4.74 Å². The molecule has 0 aliphatic heterocycles. The van der Waals surface area contributed by atoms with Crippen molar-refractivity contribution in [3.05, 3.63) is 21.9 Å². The van der Waals surface area contributed by atoms with Gasteiger partial charge >= 0.3 is 0 Å². The van der Waals surface area contributed by atoms with E-state index in [4.69, 9.17) is 10.5 Å². The zero-order chi connectivity index (χ0) is 14.0. The van der Waals surface area contributed by atoms with E-state index in [2.05, 4.69) is 35.7 Å². The van der Waals surface area contributed by atoms with Crippen LogP contribution in [0.15, 0.2) is 6.20 Å². The van der Waals surface area contributed by atoms with E-state index in [-0.39, 0.29) is 0 Å². The van der Waals surface area contributed by atoms with E-state index in [1.54, 1.807) is 24.5 Å². The Morgan fingerprint density at radius 1 is 1.37 bits per heavy atom. The summed E-state index contributed by atoms with van der Waals surface area (Å²) >= 11 is 1.68. The number of aromatic nitrogens is 3. The summed E-state index contributed by atoms with van der Waals surface area (Å²) in [6.07, 6.45) is 2.49. The van der Waals surface area contributed by atoms with Gasteiger partial charge in [-0.25, -0.2) is 15.0 Å². The summed E-state index contributed by atoms with van der Waals surface area (Å²) in [7, 11) is 0. The van der Waals surface area contributed by atoms with Crippen molar-refractivity contribution in [1.82, 2.24) is 15.0 Å². The highest BCUT2D eigenvalue weighted by Gasteiger charge is 2.17. The number of hydrogen-bond acceptors (Lipinski definition) is 6. The summed E-state index contributed by atoms with van der Waals surface area (Å²) < 4.78 is 5.79. The summed E-state index contributed by atoms with van der Waals surface area (Å²) in [4.78, 5) is 13.8. The molecule has 0 unspecified atom stereocenters. The van der Waals surface area contributed by atoms with E-state index in [1.165, 1.54) is 0 Å². The lowest BCUT2D eigenvalue weighted by Gasteiger charge is -2.08. The Morgan fingerprint density at radius 2 is 2.11 bits per heavy atom. The first-order valence-corrected chi connectivity index (χ1v) is 7.09. The lowest BCUT2D eigenvalue weighted by atomic mass is 10.2. The van der Waals surface area contributed by atoms with Crippen LogP contribution in [0.1, 0.15) is 42.4 Å². The van der Waals surface area contributed by atoms with Crippen molar-refractivity contribution in [2.45, 2.75) is 40.0 Å². The van der Waals surface area contributed by atoms with Gasteiger partial charge < -0.3 is 10.5 Å². The molecule has 0 bridgehead atoms. The van der Waals surface area contributed by atoms with Crippen molar-refractivity contribution in [2.75, 3.05) is 5.73 Å². The molecule has 0 saturated carbocycles. The Bertz CT molecular complexity index is 580. The molecule has 6 heteroatoms. The van der Waals surface area contributed by atoms with Crippen LogP contribution < -0.4 is 10.5 Å². The van der Waals surface area contributed by atoms with Crippen molar-refractivity contribution >= 4 is 17.2 Å². The second-order valence-corrected chi connectivity index (χ2v) is 5.67. The highest BCUT2D eigenvalue weighted by molar-refractivity contribution is 7.12. The number of hydrogen-bond donors (Lipinski definition) is 1. The van der Waals surface area contributed by atoms with Gasteiger partial charge in [0.05, 0.1) is 16.1 Å². The maximum absolute atomic E-state index is 5.83. The van der Waals surface area contributed by atoms with Gasteiger partial charge in [-0.2, -0.15) is 0 Å². The largest absolute Gasteiger partial charge is 0.432 e. The number of nitrogen functional groups attached to an aromatic ring is 1. The van der Waals surface area contributed by atoms with Gasteiger partial charge in [-0.3, -0.25) is 0 Å². The zero-order valence-corrected chi connectivity index (χ0v) is 12.4. The standard InChI is InChI=1S/C13H18N4OS/c1-5-10-17-13(11(19-10)7(2)3)18-9-6-15-8(4)16-12(9)14/h6-7H,5H2,1-4H3,(H2,14,15,16). The number of ether oxygens (including phenoxy) is 1. The molecule has 19 heavy (non-hydrogen) atoms. The lowest BCUT2D eigenvalue weighted by molar-refractivity contribution is 0.454. The molecule has 2 N–H and O–H groups in total. The molecule has 0 spiro atoms. The molecule has 0 fully saturated rings. The van der Waals surface area contributed by atoms with E-state index in [0.29, 0.717) is 29.2 Å². The highest BCUT2D eigenvalue weighted by atomic mass is 32.1. The molecule has 0 aliphatic rings. The van der Waals surface area contributed by atoms with Crippen molar-refractivity contribution in [1.29, 1.82) is 0 Å². The molecule has 2 aromatic heterocycles. The van der Waals surface area contributed by atoms with Crippen LogP contribution in [-0.4, -0.2) is 15.0 Å². The van der Waals surface area contributed by atoms with Crippen LogP contribution in [0.25, 0.3) is 0 Å². The van der Waals surface area contributed by atoms with Crippen LogP contribution in [0.2, 0.25) is 0 Å². The SMILES string of the molecule is CCc1nc(Oc2cnc(C)nc2N)c(C(C)C)s1. The van der Waals surface area contributed by atoms with Crippen molar-refractivity contribution in [3.63, 3.8) is 0 Å². The molecule has 0 saturated heterocycles. The summed E-state index contributed by atoms with van der Waals surface area (Å²) in [5, 5.41) is 1.06. The van der Waals surface area contributed by atoms with Gasteiger partial charge in [0.1, 0.15) is 5.82 Å². The molecule has 0 atom stereocenters. The van der Waals surface area contributed by atoms with Gasteiger partial charge in [-0.05, 0) is 19.3 Å². The van der Waals surface area contributed by atoms with Gasteiger partial charge in [0.25, 0.3) is 0 Å². The normalized spacial score (nSPS) is 11.0. The van der Waals surface area contributed by atoms with E-state index in [1.807, 2.05) is 0 Å². The fraction of sp³-hybridized carbons (Fsp3) is 0.462. The lowest BCUT2D eigenvalue weighted by Crippen LogP contribution is -2.00. The molecule has 0 aliphatic carbocycles. The van der Waals surface area contributed by atoms with Crippen LogP contribution in [0.5, 0.6) is 11.6 Å². The van der Waals surface area contributed by atoms with Gasteiger partial charge in [0.15, 0.2) is 11.6 Å². The van der Waals surface area contributed by atoms with Gasteiger partial charge in [0, 0.05) is 0 Å². The fourth-order valence-corrected chi connectivity index (χ4v) is 2.55. The molecule has 0 aromatic carbocycles. The second kappa shape index (κ2) is 5.52. The Labute approximate surface area is 116 Å². The third kappa shape index (κ3) is 3.01. The topological polar surface area (TPSA) is 73.9 Å². The Kier molecular flexibility index (Phi) is 3.99. The predicted octanol–water partition coefficient (Wildman–Crippen LogP) is 3.30. The van der Waals surface area contributed by atoms with Crippen LogP contribution in [0, 0.1) is 6.92 Å². The number of thiazole rings is 1. The average molecular weight is 278 g/mol. The fourth-order valence-electron chi connectivity index (χ4n) is 1.61. The Morgan fingerprint density at radius 3 is 2.68 bits per heavy atom. The quantitative estimate of drug-likeness (QED) is 0.928. The third-order valence-electron chi connectivity index (χ3n) is 2.60. The monoisotopic (exact) mass is 278 g/mol. The molecule has 0 radical (unpaired) electrons. The minimum atomic E-state index is 0.341. The molecule has 0 amide bonds. The van der Waals surface area contributed by atoms with Crippen LogP contribution in [0.4, 0.5) is 5.82 Å². The maximum Gasteiger partial charge on any atom is 0.234 e. The Balaban J connectivity index is 2.34. The van der Waals surface area contributed by atoms with Gasteiger partial charge in [-0.15, -0.1) is 11.3 Å². The first-order chi connectivity index (χ1) is 9.01. The Hall–Kier alpha value is -1.69. The summed E-state index contributed by atoms with van der Waals surface area (Å²) in [6.45, 7) is 8.11. The molecule has 2 aromatic rings. The van der Waals surface area contributed by atoms with E-state index < -0.39 is 0 Å². The van der Waals surface area contributed by atoms with Gasteiger partial charge in [0.2, 0.25) is 5.88 Å². The molecule has 102 valence electrons. The minimum absolute atomic E-state index is 0.341. The van der Waals surface area contributed by atoms with Crippen molar-refractivity contribution in [2.24, 2.45) is 0 Å². The maximum atomic E-state index is 5.83. The first-order valence-electron chi connectivity index (χ1n) is 6.27. The zero-order valence-electron chi connectivity index (χ0n) is 11.6. The van der Waals surface area contributed by atoms with E-state index in [0.717, 1.165) is 16.3 Å². The third-order valence-corrected chi connectivity index (χ3v) is 4.08. The molecule has 2 rings (SSSR count). The number of aryl methyl sites for hydroxylation is 2. The molecular weight excluding hydrogens is 260 g/mol. The summed E-state index contributed by atoms with van der Waals surface area (Å²) in [6, 6.07) is 0. The smallest absolute Gasteiger partial charge is 0.234 e. The van der Waals surface area contributed by atoms with E-state index >= 15 is 0 Å². The van der Waals surface area contributed by atoms with Gasteiger partial charge in [-0.1, -0.05) is 20.8 Å². The minimum Gasteiger partial charge on any atom is -0.432 e. The van der Waals surface area contributed by atoms with Crippen LogP contribution in [0.3, 0.4) is 0 Å². The average Bonchev–Trinajstić information content (AvgIpc) is 2.76. The first kappa shape index (κ1) is 13.7. The molecule has 2 heterocycles. The van der Waals surface area contributed by atoms with Crippen molar-refractivity contribution in [3.8, 4) is 11.6 Å². The molecule has 5 nitrogen and oxygen atoms in total. The number of nitrogens with zero attached hydrogens (tertiary/aromatic N) is 3. The summed E-state index contributed by atoms with van der Waals surface area (Å²) in [5.41, 5.74) is 5.83. The molecular formula is C13H18N4OS. The van der Waals surface area contributed by atoms with E-state index in [9.17, 15) is 0 Å². The number of anilines is 1. The number of nitrogens with two attached hydrogens (primary N) is 1.